The Labute approximate surface area is 276 Å². The van der Waals surface area contributed by atoms with Crippen molar-refractivity contribution in [1.29, 1.82) is 0 Å². The van der Waals surface area contributed by atoms with Gasteiger partial charge in [0.2, 0.25) is 0 Å². The number of benzene rings is 3. The second kappa shape index (κ2) is 13.8. The third-order valence-electron chi connectivity index (χ3n) is 7.07. The molecule has 1 atom stereocenters. The van der Waals surface area contributed by atoms with Crippen LogP contribution in [0.1, 0.15) is 49.1 Å². The molecule has 232 valence electrons. The highest BCUT2D eigenvalue weighted by molar-refractivity contribution is 14.1. The molecule has 0 saturated carbocycles. The van der Waals surface area contributed by atoms with Crippen LogP contribution < -0.4 is 24.4 Å². The van der Waals surface area contributed by atoms with Crippen molar-refractivity contribution in [2.24, 2.45) is 4.99 Å². The summed E-state index contributed by atoms with van der Waals surface area (Å²) in [6, 6.07) is 16.9. The van der Waals surface area contributed by atoms with Crippen LogP contribution in [-0.4, -0.2) is 28.7 Å². The molecule has 0 bridgehead atoms. The molecule has 0 saturated heterocycles. The molecule has 45 heavy (non-hydrogen) atoms. The zero-order valence-electron chi connectivity index (χ0n) is 25.0. The van der Waals surface area contributed by atoms with Crippen LogP contribution in [0.3, 0.4) is 0 Å². The van der Waals surface area contributed by atoms with E-state index in [4.69, 9.17) is 14.2 Å². The van der Waals surface area contributed by atoms with Crippen LogP contribution in [0.4, 0.5) is 5.69 Å². The van der Waals surface area contributed by atoms with Crippen molar-refractivity contribution in [3.8, 4) is 11.5 Å². The molecule has 0 unspecified atom stereocenters. The van der Waals surface area contributed by atoms with Gasteiger partial charge in [-0.3, -0.25) is 19.5 Å². The minimum Gasteiger partial charge on any atom is -0.490 e. The number of nitro benzene ring substituents is 1. The summed E-state index contributed by atoms with van der Waals surface area (Å²) >= 11 is 3.41. The van der Waals surface area contributed by atoms with Crippen LogP contribution in [0.25, 0.3) is 6.08 Å². The van der Waals surface area contributed by atoms with E-state index in [1.54, 1.807) is 36.6 Å². The van der Waals surface area contributed by atoms with E-state index < -0.39 is 16.9 Å². The fourth-order valence-electron chi connectivity index (χ4n) is 4.95. The molecule has 2 heterocycles. The molecule has 0 radical (unpaired) electrons. The van der Waals surface area contributed by atoms with Gasteiger partial charge in [-0.2, -0.15) is 0 Å². The van der Waals surface area contributed by atoms with E-state index in [1.807, 2.05) is 50.2 Å². The molecule has 0 aliphatic carbocycles. The quantitative estimate of drug-likeness (QED) is 0.0899. The number of thiazole rings is 1. The molecule has 0 fully saturated rings. The molecule has 5 rings (SSSR count). The van der Waals surface area contributed by atoms with Crippen LogP contribution in [0.5, 0.6) is 11.5 Å². The largest absolute Gasteiger partial charge is 0.490 e. The second-order valence-electron chi connectivity index (χ2n) is 10.2. The number of carbonyl (C=O) groups excluding carboxylic acids is 1. The first-order valence-corrected chi connectivity index (χ1v) is 16.1. The molecule has 0 spiro atoms. The Morgan fingerprint density at radius 1 is 1.07 bits per heavy atom. The smallest absolute Gasteiger partial charge is 0.338 e. The van der Waals surface area contributed by atoms with E-state index in [1.165, 1.54) is 23.5 Å². The van der Waals surface area contributed by atoms with Crippen molar-refractivity contribution in [2.45, 2.75) is 40.3 Å². The van der Waals surface area contributed by atoms with Gasteiger partial charge in [-0.15, -0.1) is 0 Å². The van der Waals surface area contributed by atoms with E-state index >= 15 is 0 Å². The lowest BCUT2D eigenvalue weighted by Gasteiger charge is -2.24. The third-order valence-corrected chi connectivity index (χ3v) is 8.85. The zero-order chi connectivity index (χ0) is 32.2. The number of rotatable bonds is 10. The number of nitro groups is 1. The lowest BCUT2D eigenvalue weighted by Crippen LogP contribution is -2.39. The van der Waals surface area contributed by atoms with Gasteiger partial charge in [0, 0.05) is 12.1 Å². The Balaban J connectivity index is 1.54. The molecule has 10 nitrogen and oxygen atoms in total. The van der Waals surface area contributed by atoms with Gasteiger partial charge in [-0.25, -0.2) is 9.79 Å². The number of aryl methyl sites for hydroxylation is 1. The maximum Gasteiger partial charge on any atom is 0.338 e. The number of hydrogen-bond acceptors (Lipinski definition) is 9. The number of nitrogens with zero attached hydrogens (tertiary/aromatic N) is 3. The number of aromatic nitrogens is 1. The average Bonchev–Trinajstić information content (AvgIpc) is 3.30. The topological polar surface area (TPSA) is 122 Å². The van der Waals surface area contributed by atoms with Gasteiger partial charge >= 0.3 is 5.97 Å². The fraction of sp³-hybridized carbons (Fsp3) is 0.242. The maximum atomic E-state index is 14.0. The predicted molar refractivity (Wildman–Crippen MR) is 179 cm³/mol. The molecule has 4 aromatic rings. The van der Waals surface area contributed by atoms with Crippen molar-refractivity contribution in [3.63, 3.8) is 0 Å². The molecule has 3 aromatic carbocycles. The van der Waals surface area contributed by atoms with E-state index in [2.05, 4.69) is 27.6 Å². The fourth-order valence-corrected chi connectivity index (χ4v) is 6.78. The van der Waals surface area contributed by atoms with Crippen molar-refractivity contribution in [2.75, 3.05) is 13.2 Å². The van der Waals surface area contributed by atoms with Crippen molar-refractivity contribution in [3.05, 3.63) is 128 Å². The van der Waals surface area contributed by atoms with Gasteiger partial charge in [0.25, 0.3) is 11.2 Å². The SMILES string of the molecule is CCOC(=O)C1=C(C)N=c2s/c(=C\c3cc(I)c(OCc4ccc([N+](=O)[O-])cc4)c(OCC)c3)c(=O)n2[C@@H]1c1ccc(C)cc1. The lowest BCUT2D eigenvalue weighted by molar-refractivity contribution is -0.384. The minimum absolute atomic E-state index is 0.00966. The Bertz CT molecular complexity index is 1980. The summed E-state index contributed by atoms with van der Waals surface area (Å²) < 4.78 is 20.2. The number of esters is 1. The van der Waals surface area contributed by atoms with Crippen molar-refractivity contribution < 1.29 is 23.9 Å². The summed E-state index contributed by atoms with van der Waals surface area (Å²) in [6.07, 6.45) is 1.78. The van der Waals surface area contributed by atoms with Crippen LogP contribution in [0, 0.1) is 20.6 Å². The normalized spacial score (nSPS) is 14.5. The molecule has 0 N–H and O–H groups in total. The van der Waals surface area contributed by atoms with Crippen molar-refractivity contribution in [1.82, 2.24) is 4.57 Å². The summed E-state index contributed by atoms with van der Waals surface area (Å²) in [5.41, 5.74) is 3.92. The Morgan fingerprint density at radius 2 is 1.78 bits per heavy atom. The first-order chi connectivity index (χ1) is 21.6. The second-order valence-corrected chi connectivity index (χ2v) is 12.4. The highest BCUT2D eigenvalue weighted by Crippen LogP contribution is 2.35. The van der Waals surface area contributed by atoms with Crippen LogP contribution in [0.15, 0.2) is 81.7 Å². The number of non-ortho nitro benzene ring substituents is 1. The van der Waals surface area contributed by atoms with Gasteiger partial charge in [0.1, 0.15) is 6.61 Å². The molecule has 0 amide bonds. The van der Waals surface area contributed by atoms with E-state index in [-0.39, 0.29) is 24.5 Å². The molecular formula is C33H30IN3O7S. The standard InChI is InChI=1S/C33H30IN3O7S/c1-5-42-26-16-22(15-25(34)30(26)44-18-21-9-13-24(14-10-21)37(40)41)17-27-31(38)36-29(23-11-7-19(3)8-12-23)28(32(39)43-6-2)20(4)35-33(36)45-27/h7-17,29H,5-6,18H2,1-4H3/b27-17-/t29-/m1/s1. The average molecular weight is 740 g/mol. The number of ether oxygens (including phenoxy) is 3. The number of carbonyl (C=O) groups is 1. The van der Waals surface area contributed by atoms with Crippen LogP contribution in [0.2, 0.25) is 0 Å². The summed E-state index contributed by atoms with van der Waals surface area (Å²) in [4.78, 5) is 42.8. The van der Waals surface area contributed by atoms with E-state index in [9.17, 15) is 19.7 Å². The molecule has 1 aliphatic heterocycles. The summed E-state index contributed by atoms with van der Waals surface area (Å²) in [6.45, 7) is 8.13. The summed E-state index contributed by atoms with van der Waals surface area (Å²) in [5, 5.41) is 11.0. The molecule has 1 aliphatic rings. The van der Waals surface area contributed by atoms with Crippen molar-refractivity contribution >= 4 is 51.7 Å². The predicted octanol–water partition coefficient (Wildman–Crippen LogP) is 5.60. The number of hydrogen-bond donors (Lipinski definition) is 0. The van der Waals surface area contributed by atoms with Crippen LogP contribution >= 0.6 is 33.9 Å². The highest BCUT2D eigenvalue weighted by atomic mass is 127. The number of fused-ring (bicyclic) bond motifs is 1. The number of allylic oxidation sites excluding steroid dienone is 1. The Morgan fingerprint density at radius 3 is 2.42 bits per heavy atom. The Hall–Kier alpha value is -4.30. The third kappa shape index (κ3) is 6.86. The molecule has 12 heteroatoms. The minimum atomic E-state index is -0.683. The zero-order valence-corrected chi connectivity index (χ0v) is 28.0. The highest BCUT2D eigenvalue weighted by Gasteiger charge is 2.33. The summed E-state index contributed by atoms with van der Waals surface area (Å²) in [7, 11) is 0. The summed E-state index contributed by atoms with van der Waals surface area (Å²) in [5.74, 6) is 0.533. The first kappa shape index (κ1) is 32.1. The van der Waals surface area contributed by atoms with Crippen LogP contribution in [-0.2, 0) is 16.1 Å². The van der Waals surface area contributed by atoms with Gasteiger partial charge in [-0.1, -0.05) is 41.2 Å². The molecular weight excluding hydrogens is 709 g/mol. The van der Waals surface area contributed by atoms with Gasteiger partial charge in [0.05, 0.1) is 43.6 Å². The maximum absolute atomic E-state index is 14.0. The van der Waals surface area contributed by atoms with E-state index in [0.29, 0.717) is 38.7 Å². The molecule has 1 aromatic heterocycles. The Kier molecular flexibility index (Phi) is 9.83. The lowest BCUT2D eigenvalue weighted by atomic mass is 9.95. The van der Waals surface area contributed by atoms with Gasteiger partial charge < -0.3 is 14.2 Å². The van der Waals surface area contributed by atoms with E-state index in [0.717, 1.165) is 25.8 Å². The monoisotopic (exact) mass is 739 g/mol. The first-order valence-electron chi connectivity index (χ1n) is 14.2. The van der Waals surface area contributed by atoms with Gasteiger partial charge in [0.15, 0.2) is 16.3 Å². The van der Waals surface area contributed by atoms with Gasteiger partial charge in [-0.05, 0) is 97.3 Å². The number of halogens is 1.